The molecule has 0 aromatic heterocycles. The largest absolute Gasteiger partial charge is 0.357 e. The molecule has 20 heavy (non-hydrogen) atoms. The Morgan fingerprint density at radius 3 is 2.65 bits per heavy atom. The Kier molecular flexibility index (Phi) is 8.63. The van der Waals surface area contributed by atoms with Crippen molar-refractivity contribution in [2.24, 2.45) is 10.4 Å². The standard InChI is InChI=1S/C15H29N3S.HI/c1-3-16-14(17-10-4-5-12-19-2)18-11-9-15(13-18)7-6-8-15;/h3-13H2,1-2H3,(H,16,17);1H. The van der Waals surface area contributed by atoms with Gasteiger partial charge in [0.15, 0.2) is 5.96 Å². The number of nitrogens with one attached hydrogen (secondary N) is 1. The summed E-state index contributed by atoms with van der Waals surface area (Å²) in [5.41, 5.74) is 0.662. The van der Waals surface area contributed by atoms with Crippen LogP contribution in [0.4, 0.5) is 0 Å². The number of likely N-dealkylation sites (tertiary alicyclic amines) is 1. The summed E-state index contributed by atoms with van der Waals surface area (Å²) >= 11 is 1.93. The van der Waals surface area contributed by atoms with E-state index in [1.54, 1.807) is 0 Å². The lowest BCUT2D eigenvalue weighted by Gasteiger charge is -2.38. The molecule has 0 bridgehead atoms. The quantitative estimate of drug-likeness (QED) is 0.313. The van der Waals surface area contributed by atoms with Gasteiger partial charge in [-0.15, -0.1) is 24.0 Å². The van der Waals surface area contributed by atoms with E-state index in [1.165, 1.54) is 57.4 Å². The van der Waals surface area contributed by atoms with Crippen LogP contribution in [-0.4, -0.2) is 49.0 Å². The molecule has 3 nitrogen and oxygen atoms in total. The van der Waals surface area contributed by atoms with Crippen molar-refractivity contribution in [1.29, 1.82) is 0 Å². The lowest BCUT2D eigenvalue weighted by molar-refractivity contribution is 0.151. The fourth-order valence-corrected chi connectivity index (χ4v) is 3.66. The number of rotatable bonds is 6. The number of hydrogen-bond donors (Lipinski definition) is 1. The smallest absolute Gasteiger partial charge is 0.193 e. The zero-order chi connectivity index (χ0) is 13.6. The first-order chi connectivity index (χ1) is 9.29. The Morgan fingerprint density at radius 2 is 2.10 bits per heavy atom. The molecule has 0 aromatic carbocycles. The van der Waals surface area contributed by atoms with Crippen LogP contribution >= 0.6 is 35.7 Å². The Morgan fingerprint density at radius 1 is 1.30 bits per heavy atom. The van der Waals surface area contributed by atoms with Gasteiger partial charge in [0.1, 0.15) is 0 Å². The lowest BCUT2D eigenvalue weighted by Crippen LogP contribution is -2.42. The lowest BCUT2D eigenvalue weighted by atomic mass is 9.68. The van der Waals surface area contributed by atoms with Crippen molar-refractivity contribution in [3.63, 3.8) is 0 Å². The van der Waals surface area contributed by atoms with Gasteiger partial charge >= 0.3 is 0 Å². The van der Waals surface area contributed by atoms with E-state index in [1.807, 2.05) is 11.8 Å². The highest BCUT2D eigenvalue weighted by molar-refractivity contribution is 14.0. The summed E-state index contributed by atoms with van der Waals surface area (Å²) in [7, 11) is 0. The Balaban J connectivity index is 0.00000200. The molecule has 1 spiro atoms. The van der Waals surface area contributed by atoms with E-state index in [-0.39, 0.29) is 24.0 Å². The summed E-state index contributed by atoms with van der Waals surface area (Å²) < 4.78 is 0. The van der Waals surface area contributed by atoms with Crippen LogP contribution < -0.4 is 5.32 Å². The monoisotopic (exact) mass is 411 g/mol. The highest BCUT2D eigenvalue weighted by atomic mass is 127. The number of aliphatic imine (C=N–C) groups is 1. The zero-order valence-corrected chi connectivity index (χ0v) is 16.1. The van der Waals surface area contributed by atoms with Gasteiger partial charge in [-0.05, 0) is 56.5 Å². The fourth-order valence-electron chi connectivity index (χ4n) is 3.17. The minimum Gasteiger partial charge on any atom is -0.357 e. The van der Waals surface area contributed by atoms with Crippen molar-refractivity contribution in [3.05, 3.63) is 0 Å². The van der Waals surface area contributed by atoms with Crippen molar-refractivity contribution >= 4 is 41.7 Å². The van der Waals surface area contributed by atoms with Gasteiger partial charge in [-0.3, -0.25) is 4.99 Å². The molecule has 0 unspecified atom stereocenters. The van der Waals surface area contributed by atoms with E-state index < -0.39 is 0 Å². The molecule has 1 saturated carbocycles. The third kappa shape index (κ3) is 4.97. The highest BCUT2D eigenvalue weighted by Crippen LogP contribution is 2.47. The van der Waals surface area contributed by atoms with Gasteiger partial charge in [0.2, 0.25) is 0 Å². The molecular weight excluding hydrogens is 381 g/mol. The van der Waals surface area contributed by atoms with Crippen LogP contribution in [0.5, 0.6) is 0 Å². The first-order valence-electron chi connectivity index (χ1n) is 7.82. The molecule has 1 aliphatic heterocycles. The van der Waals surface area contributed by atoms with Gasteiger partial charge in [0, 0.05) is 26.2 Å². The molecule has 2 rings (SSSR count). The maximum atomic E-state index is 4.81. The van der Waals surface area contributed by atoms with Gasteiger partial charge in [-0.1, -0.05) is 6.42 Å². The molecular formula is C15H30IN3S. The molecule has 2 aliphatic rings. The maximum absolute atomic E-state index is 4.81. The van der Waals surface area contributed by atoms with Crippen LogP contribution in [0.2, 0.25) is 0 Å². The Hall–Kier alpha value is 0.350. The molecule has 1 N–H and O–H groups in total. The van der Waals surface area contributed by atoms with Gasteiger partial charge in [-0.25, -0.2) is 0 Å². The summed E-state index contributed by atoms with van der Waals surface area (Å²) in [6.07, 6.45) is 10.4. The molecule has 0 atom stereocenters. The molecule has 1 heterocycles. The predicted molar refractivity (Wildman–Crippen MR) is 101 cm³/mol. The number of halogens is 1. The third-order valence-corrected chi connectivity index (χ3v) is 5.20. The normalized spacial score (nSPS) is 20.7. The van der Waals surface area contributed by atoms with Crippen LogP contribution in [0.15, 0.2) is 4.99 Å². The van der Waals surface area contributed by atoms with Crippen LogP contribution in [0.3, 0.4) is 0 Å². The topological polar surface area (TPSA) is 27.6 Å². The molecule has 0 aromatic rings. The van der Waals surface area contributed by atoms with Gasteiger partial charge in [-0.2, -0.15) is 11.8 Å². The second-order valence-electron chi connectivity index (χ2n) is 5.96. The van der Waals surface area contributed by atoms with Crippen LogP contribution in [0, 0.1) is 5.41 Å². The van der Waals surface area contributed by atoms with Crippen molar-refractivity contribution in [2.75, 3.05) is 38.2 Å². The van der Waals surface area contributed by atoms with E-state index in [4.69, 9.17) is 4.99 Å². The summed E-state index contributed by atoms with van der Waals surface area (Å²) in [6.45, 7) is 6.57. The molecule has 0 radical (unpaired) electrons. The average molecular weight is 411 g/mol. The number of nitrogens with zero attached hydrogens (tertiary/aromatic N) is 2. The molecule has 2 fully saturated rings. The predicted octanol–water partition coefficient (Wildman–Crippen LogP) is 3.59. The SMILES string of the molecule is CCNC(=NCCCCSC)N1CCC2(CCC2)C1.I. The number of hydrogen-bond acceptors (Lipinski definition) is 2. The number of guanidine groups is 1. The zero-order valence-electron chi connectivity index (χ0n) is 13.0. The summed E-state index contributed by atoms with van der Waals surface area (Å²) in [6, 6.07) is 0. The molecule has 1 saturated heterocycles. The average Bonchev–Trinajstić information content (AvgIpc) is 2.82. The third-order valence-electron chi connectivity index (χ3n) is 4.51. The van der Waals surface area contributed by atoms with Gasteiger partial charge in [0.05, 0.1) is 0 Å². The molecule has 0 amide bonds. The minimum atomic E-state index is 0. The van der Waals surface area contributed by atoms with Crippen molar-refractivity contribution in [1.82, 2.24) is 10.2 Å². The summed E-state index contributed by atoms with van der Waals surface area (Å²) in [4.78, 5) is 7.31. The van der Waals surface area contributed by atoms with E-state index in [9.17, 15) is 0 Å². The van der Waals surface area contributed by atoms with E-state index in [2.05, 4.69) is 23.4 Å². The number of unbranched alkanes of at least 4 members (excludes halogenated alkanes) is 1. The van der Waals surface area contributed by atoms with E-state index in [0.717, 1.165) is 19.0 Å². The molecule has 1 aliphatic carbocycles. The Bertz CT molecular complexity index is 305. The fraction of sp³-hybridized carbons (Fsp3) is 0.933. The summed E-state index contributed by atoms with van der Waals surface area (Å²) in [5, 5.41) is 3.47. The highest BCUT2D eigenvalue weighted by Gasteiger charge is 2.43. The maximum Gasteiger partial charge on any atom is 0.193 e. The van der Waals surface area contributed by atoms with Gasteiger partial charge < -0.3 is 10.2 Å². The second-order valence-corrected chi connectivity index (χ2v) is 6.95. The van der Waals surface area contributed by atoms with Crippen molar-refractivity contribution < 1.29 is 0 Å². The van der Waals surface area contributed by atoms with Crippen LogP contribution in [0.1, 0.15) is 45.4 Å². The molecule has 118 valence electrons. The van der Waals surface area contributed by atoms with Crippen molar-refractivity contribution in [3.8, 4) is 0 Å². The summed E-state index contributed by atoms with van der Waals surface area (Å²) in [5.74, 6) is 2.43. The first kappa shape index (κ1) is 18.4. The number of thioether (sulfide) groups is 1. The van der Waals surface area contributed by atoms with E-state index in [0.29, 0.717) is 5.41 Å². The minimum absolute atomic E-state index is 0. The van der Waals surface area contributed by atoms with E-state index >= 15 is 0 Å². The van der Waals surface area contributed by atoms with Crippen LogP contribution in [0.25, 0.3) is 0 Å². The molecule has 5 heteroatoms. The first-order valence-corrected chi connectivity index (χ1v) is 9.21. The second kappa shape index (κ2) is 9.38. The Labute approximate surface area is 145 Å². The van der Waals surface area contributed by atoms with Gasteiger partial charge in [0.25, 0.3) is 0 Å². The van der Waals surface area contributed by atoms with Crippen molar-refractivity contribution in [2.45, 2.75) is 45.4 Å². The van der Waals surface area contributed by atoms with Crippen LogP contribution in [-0.2, 0) is 0 Å².